The van der Waals surface area contributed by atoms with Crippen molar-refractivity contribution < 1.29 is 14.2 Å². The molecule has 2 N–H and O–H groups in total. The van der Waals surface area contributed by atoms with Crippen LogP contribution in [0.5, 0.6) is 0 Å². The van der Waals surface area contributed by atoms with Crippen LogP contribution < -0.4 is 5.73 Å². The largest absolute Gasteiger partial charge is 0.381 e. The number of ether oxygens (including phenoxy) is 3. The van der Waals surface area contributed by atoms with E-state index in [1.54, 1.807) is 0 Å². The highest BCUT2D eigenvalue weighted by atomic mass is 16.7. The summed E-state index contributed by atoms with van der Waals surface area (Å²) < 4.78 is 16.3. The van der Waals surface area contributed by atoms with Gasteiger partial charge in [-0.1, -0.05) is 0 Å². The van der Waals surface area contributed by atoms with Gasteiger partial charge in [0.15, 0.2) is 6.29 Å². The summed E-state index contributed by atoms with van der Waals surface area (Å²) in [4.78, 5) is 0. The van der Waals surface area contributed by atoms with E-state index in [0.29, 0.717) is 19.1 Å². The van der Waals surface area contributed by atoms with E-state index in [1.807, 2.05) is 0 Å². The lowest BCUT2D eigenvalue weighted by molar-refractivity contribution is -0.0701. The van der Waals surface area contributed by atoms with Crippen molar-refractivity contribution in [1.29, 1.82) is 0 Å². The Morgan fingerprint density at radius 1 is 1.31 bits per heavy atom. The highest BCUT2D eigenvalue weighted by molar-refractivity contribution is 4.71. The van der Waals surface area contributed by atoms with E-state index in [1.165, 1.54) is 0 Å². The summed E-state index contributed by atoms with van der Waals surface area (Å²) in [6.07, 6.45) is 2.15. The Kier molecular flexibility index (Phi) is 3.16. The quantitative estimate of drug-likeness (QED) is 0.681. The Morgan fingerprint density at radius 3 is 2.85 bits per heavy atom. The molecule has 3 atom stereocenters. The fraction of sp³-hybridized carbons (Fsp3) is 1.00. The van der Waals surface area contributed by atoms with Gasteiger partial charge < -0.3 is 19.9 Å². The maximum atomic E-state index is 5.57. The molecule has 0 aliphatic carbocycles. The van der Waals surface area contributed by atoms with Gasteiger partial charge in [-0.25, -0.2) is 0 Å². The van der Waals surface area contributed by atoms with Gasteiger partial charge in [-0.05, 0) is 12.3 Å². The second-order valence-electron chi connectivity index (χ2n) is 3.72. The van der Waals surface area contributed by atoms with Gasteiger partial charge >= 0.3 is 0 Å². The van der Waals surface area contributed by atoms with Crippen LogP contribution >= 0.6 is 0 Å². The Hall–Kier alpha value is -0.160. The first kappa shape index (κ1) is 9.40. The zero-order chi connectivity index (χ0) is 9.10. The minimum atomic E-state index is -0.0414. The van der Waals surface area contributed by atoms with Crippen molar-refractivity contribution in [3.8, 4) is 0 Å². The Labute approximate surface area is 78.3 Å². The van der Waals surface area contributed by atoms with Crippen molar-refractivity contribution in [2.45, 2.75) is 25.2 Å². The maximum absolute atomic E-state index is 5.57. The summed E-state index contributed by atoms with van der Waals surface area (Å²) in [5, 5.41) is 0. The average Bonchev–Trinajstić information content (AvgIpc) is 2.76. The van der Waals surface area contributed by atoms with Crippen molar-refractivity contribution in [2.24, 2.45) is 11.7 Å². The van der Waals surface area contributed by atoms with Gasteiger partial charge in [0, 0.05) is 26.2 Å². The van der Waals surface area contributed by atoms with E-state index in [4.69, 9.17) is 19.9 Å². The third-order valence-electron chi connectivity index (χ3n) is 2.62. The zero-order valence-corrected chi connectivity index (χ0v) is 7.78. The predicted octanol–water partition coefficient (Wildman–Crippen LogP) is 0.113. The number of hydrogen-bond donors (Lipinski definition) is 1. The van der Waals surface area contributed by atoms with Crippen LogP contribution in [0.1, 0.15) is 12.8 Å². The lowest BCUT2D eigenvalue weighted by Crippen LogP contribution is -2.23. The van der Waals surface area contributed by atoms with E-state index in [9.17, 15) is 0 Å². The van der Waals surface area contributed by atoms with Gasteiger partial charge in [0.2, 0.25) is 0 Å². The van der Waals surface area contributed by atoms with Gasteiger partial charge in [0.05, 0.1) is 12.7 Å². The predicted molar refractivity (Wildman–Crippen MR) is 47.2 cm³/mol. The second-order valence-corrected chi connectivity index (χ2v) is 3.72. The van der Waals surface area contributed by atoms with Gasteiger partial charge in [-0.3, -0.25) is 0 Å². The SMILES string of the molecule is NCC1COC(CC2CCOC2)O1. The molecule has 2 saturated heterocycles. The molecule has 0 bridgehead atoms. The normalized spacial score (nSPS) is 39.9. The molecule has 2 aliphatic rings. The Bertz CT molecular complexity index is 159. The number of hydrogen-bond acceptors (Lipinski definition) is 4. The van der Waals surface area contributed by atoms with E-state index < -0.39 is 0 Å². The Balaban J connectivity index is 1.70. The summed E-state index contributed by atoms with van der Waals surface area (Å²) in [6, 6.07) is 0. The molecule has 2 rings (SSSR count). The first-order valence-electron chi connectivity index (χ1n) is 4.93. The summed E-state index contributed by atoms with van der Waals surface area (Å²) in [5.74, 6) is 0.613. The maximum Gasteiger partial charge on any atom is 0.158 e. The number of nitrogens with two attached hydrogens (primary N) is 1. The highest BCUT2D eigenvalue weighted by Gasteiger charge is 2.28. The molecule has 0 aromatic rings. The van der Waals surface area contributed by atoms with Crippen molar-refractivity contribution in [3.05, 3.63) is 0 Å². The molecule has 2 fully saturated rings. The van der Waals surface area contributed by atoms with Gasteiger partial charge in [0.1, 0.15) is 0 Å². The van der Waals surface area contributed by atoms with Crippen LogP contribution in [-0.4, -0.2) is 38.8 Å². The van der Waals surface area contributed by atoms with Crippen molar-refractivity contribution in [3.63, 3.8) is 0 Å². The van der Waals surface area contributed by atoms with Crippen LogP contribution in [0.15, 0.2) is 0 Å². The standard InChI is InChI=1S/C9H17NO3/c10-4-8-6-12-9(13-8)3-7-1-2-11-5-7/h7-9H,1-6,10H2. The fourth-order valence-corrected chi connectivity index (χ4v) is 1.80. The molecule has 76 valence electrons. The third kappa shape index (κ3) is 2.40. The van der Waals surface area contributed by atoms with E-state index >= 15 is 0 Å². The molecule has 0 aromatic heterocycles. The minimum Gasteiger partial charge on any atom is -0.381 e. The Morgan fingerprint density at radius 2 is 2.23 bits per heavy atom. The zero-order valence-electron chi connectivity index (χ0n) is 7.78. The van der Waals surface area contributed by atoms with Gasteiger partial charge in [0.25, 0.3) is 0 Å². The van der Waals surface area contributed by atoms with Crippen molar-refractivity contribution in [1.82, 2.24) is 0 Å². The van der Waals surface area contributed by atoms with Crippen LogP contribution in [0.2, 0.25) is 0 Å². The monoisotopic (exact) mass is 187 g/mol. The van der Waals surface area contributed by atoms with Crippen LogP contribution in [0.25, 0.3) is 0 Å². The molecule has 0 saturated carbocycles. The summed E-state index contributed by atoms with van der Waals surface area (Å²) in [6.45, 7) is 2.95. The number of rotatable bonds is 3. The van der Waals surface area contributed by atoms with Gasteiger partial charge in [-0.2, -0.15) is 0 Å². The first-order chi connectivity index (χ1) is 6.38. The van der Waals surface area contributed by atoms with E-state index in [2.05, 4.69) is 0 Å². The molecule has 0 aromatic carbocycles. The first-order valence-corrected chi connectivity index (χ1v) is 4.93. The van der Waals surface area contributed by atoms with Crippen molar-refractivity contribution in [2.75, 3.05) is 26.4 Å². The van der Waals surface area contributed by atoms with Crippen LogP contribution in [-0.2, 0) is 14.2 Å². The fourth-order valence-electron chi connectivity index (χ4n) is 1.80. The molecule has 0 radical (unpaired) electrons. The van der Waals surface area contributed by atoms with Crippen LogP contribution in [0, 0.1) is 5.92 Å². The van der Waals surface area contributed by atoms with E-state index in [0.717, 1.165) is 26.1 Å². The van der Waals surface area contributed by atoms with Crippen molar-refractivity contribution >= 4 is 0 Å². The molecule has 4 nitrogen and oxygen atoms in total. The smallest absolute Gasteiger partial charge is 0.158 e. The summed E-state index contributed by atoms with van der Waals surface area (Å²) in [5.41, 5.74) is 5.47. The van der Waals surface area contributed by atoms with Crippen LogP contribution in [0.3, 0.4) is 0 Å². The lowest BCUT2D eigenvalue weighted by Gasteiger charge is -2.13. The summed E-state index contributed by atoms with van der Waals surface area (Å²) in [7, 11) is 0. The average molecular weight is 187 g/mol. The molecule has 0 spiro atoms. The molecular weight excluding hydrogens is 170 g/mol. The molecular formula is C9H17NO3. The molecule has 0 amide bonds. The van der Waals surface area contributed by atoms with E-state index in [-0.39, 0.29) is 12.4 Å². The molecule has 4 heteroatoms. The molecule has 3 unspecified atom stereocenters. The molecule has 13 heavy (non-hydrogen) atoms. The lowest BCUT2D eigenvalue weighted by atomic mass is 10.1. The second kappa shape index (κ2) is 4.37. The van der Waals surface area contributed by atoms with Gasteiger partial charge in [-0.15, -0.1) is 0 Å². The van der Waals surface area contributed by atoms with Crippen LogP contribution in [0.4, 0.5) is 0 Å². The summed E-state index contributed by atoms with van der Waals surface area (Å²) >= 11 is 0. The third-order valence-corrected chi connectivity index (χ3v) is 2.62. The topological polar surface area (TPSA) is 53.7 Å². The minimum absolute atomic E-state index is 0.0414. The molecule has 2 heterocycles. The highest BCUT2D eigenvalue weighted by Crippen LogP contribution is 2.23. The molecule has 2 aliphatic heterocycles.